The van der Waals surface area contributed by atoms with Gasteiger partial charge in [-0.1, -0.05) is 39.1 Å². The third-order valence-corrected chi connectivity index (χ3v) is 4.09. The Bertz CT molecular complexity index is 766. The molecular formula is C16H13BrCl2N2O2. The van der Waals surface area contributed by atoms with E-state index in [-0.39, 0.29) is 23.0 Å². The van der Waals surface area contributed by atoms with Crippen molar-refractivity contribution in [3.05, 3.63) is 62.0 Å². The molecule has 0 saturated carbocycles. The van der Waals surface area contributed by atoms with Gasteiger partial charge in [-0.2, -0.15) is 0 Å². The summed E-state index contributed by atoms with van der Waals surface area (Å²) in [6.07, 6.45) is 0. The summed E-state index contributed by atoms with van der Waals surface area (Å²) < 4.78 is 0.929. The first kappa shape index (κ1) is 17.8. The third-order valence-electron chi connectivity index (χ3n) is 3.05. The molecule has 120 valence electrons. The van der Waals surface area contributed by atoms with Gasteiger partial charge in [-0.3, -0.25) is 9.59 Å². The van der Waals surface area contributed by atoms with Crippen LogP contribution in [0.5, 0.6) is 0 Å². The van der Waals surface area contributed by atoms with E-state index < -0.39 is 5.91 Å². The van der Waals surface area contributed by atoms with Crippen molar-refractivity contribution in [2.75, 3.05) is 11.9 Å². The number of rotatable bonds is 4. The minimum atomic E-state index is -0.436. The van der Waals surface area contributed by atoms with Gasteiger partial charge >= 0.3 is 0 Å². The number of carbonyl (C=O) groups is 2. The van der Waals surface area contributed by atoms with E-state index in [2.05, 4.69) is 26.6 Å². The Hall–Kier alpha value is -1.56. The quantitative estimate of drug-likeness (QED) is 0.775. The highest BCUT2D eigenvalue weighted by Gasteiger charge is 2.12. The Balaban J connectivity index is 1.94. The number of aryl methyl sites for hydroxylation is 1. The fourth-order valence-corrected chi connectivity index (χ4v) is 2.86. The standard InChI is InChI=1S/C16H13BrCl2N2O2/c1-9-6-10(17)2-5-14(9)21-15(22)8-20-16(23)12-4-3-11(18)7-13(12)19/h2-7H,8H2,1H3,(H,20,23)(H,21,22). The summed E-state index contributed by atoms with van der Waals surface area (Å²) in [5, 5.41) is 5.94. The molecule has 0 atom stereocenters. The highest BCUT2D eigenvalue weighted by molar-refractivity contribution is 9.10. The number of carbonyl (C=O) groups excluding carboxylic acids is 2. The lowest BCUT2D eigenvalue weighted by atomic mass is 10.2. The van der Waals surface area contributed by atoms with Crippen molar-refractivity contribution in [1.29, 1.82) is 0 Å². The average molecular weight is 416 g/mol. The summed E-state index contributed by atoms with van der Waals surface area (Å²) in [5.41, 5.74) is 1.88. The first-order valence-corrected chi connectivity index (χ1v) is 8.21. The molecule has 0 aliphatic heterocycles. The molecule has 0 fully saturated rings. The monoisotopic (exact) mass is 414 g/mol. The van der Waals surface area contributed by atoms with Crippen molar-refractivity contribution < 1.29 is 9.59 Å². The van der Waals surface area contributed by atoms with Crippen LogP contribution in [0, 0.1) is 6.92 Å². The van der Waals surface area contributed by atoms with Gasteiger partial charge in [0.15, 0.2) is 0 Å². The Morgan fingerprint density at radius 2 is 1.87 bits per heavy atom. The molecule has 2 aromatic carbocycles. The molecule has 0 bridgehead atoms. The average Bonchev–Trinajstić information content (AvgIpc) is 2.48. The lowest BCUT2D eigenvalue weighted by Gasteiger charge is -2.10. The van der Waals surface area contributed by atoms with E-state index in [1.54, 1.807) is 12.1 Å². The second-order valence-electron chi connectivity index (χ2n) is 4.81. The highest BCUT2D eigenvalue weighted by Crippen LogP contribution is 2.21. The molecule has 0 aliphatic carbocycles. The minimum absolute atomic E-state index is 0.159. The Morgan fingerprint density at radius 1 is 1.13 bits per heavy atom. The summed E-state index contributed by atoms with van der Waals surface area (Å²) in [7, 11) is 0. The second-order valence-corrected chi connectivity index (χ2v) is 6.57. The zero-order valence-corrected chi connectivity index (χ0v) is 15.2. The molecule has 23 heavy (non-hydrogen) atoms. The number of amides is 2. The van der Waals surface area contributed by atoms with E-state index in [0.29, 0.717) is 10.7 Å². The van der Waals surface area contributed by atoms with Gasteiger partial charge in [-0.05, 0) is 48.9 Å². The number of hydrogen-bond donors (Lipinski definition) is 2. The Morgan fingerprint density at radius 3 is 2.52 bits per heavy atom. The molecule has 0 saturated heterocycles. The molecule has 2 rings (SSSR count). The molecule has 0 heterocycles. The van der Waals surface area contributed by atoms with Gasteiger partial charge in [-0.25, -0.2) is 0 Å². The second kappa shape index (κ2) is 7.81. The molecule has 2 amide bonds. The van der Waals surface area contributed by atoms with Crippen LogP contribution in [0.1, 0.15) is 15.9 Å². The van der Waals surface area contributed by atoms with Gasteiger partial charge in [0.2, 0.25) is 5.91 Å². The molecular weight excluding hydrogens is 403 g/mol. The van der Waals surface area contributed by atoms with Crippen LogP contribution in [0.2, 0.25) is 10.0 Å². The topological polar surface area (TPSA) is 58.2 Å². The molecule has 7 heteroatoms. The fourth-order valence-electron chi connectivity index (χ4n) is 1.89. The highest BCUT2D eigenvalue weighted by atomic mass is 79.9. The van der Waals surface area contributed by atoms with Crippen molar-refractivity contribution in [3.63, 3.8) is 0 Å². The van der Waals surface area contributed by atoms with Crippen LogP contribution in [-0.2, 0) is 4.79 Å². The van der Waals surface area contributed by atoms with Gasteiger partial charge in [0.1, 0.15) is 0 Å². The maximum absolute atomic E-state index is 12.0. The van der Waals surface area contributed by atoms with Gasteiger partial charge in [0.05, 0.1) is 17.1 Å². The van der Waals surface area contributed by atoms with Crippen LogP contribution < -0.4 is 10.6 Å². The van der Waals surface area contributed by atoms with Crippen LogP contribution in [0.3, 0.4) is 0 Å². The number of anilines is 1. The van der Waals surface area contributed by atoms with E-state index in [1.807, 2.05) is 19.1 Å². The first-order valence-electron chi connectivity index (χ1n) is 6.66. The summed E-state index contributed by atoms with van der Waals surface area (Å²) in [6, 6.07) is 10.1. The van der Waals surface area contributed by atoms with Crippen LogP contribution in [0.25, 0.3) is 0 Å². The van der Waals surface area contributed by atoms with Gasteiger partial charge in [-0.15, -0.1) is 0 Å². The van der Waals surface area contributed by atoms with Crippen molar-refractivity contribution in [1.82, 2.24) is 5.32 Å². The minimum Gasteiger partial charge on any atom is -0.343 e. The van der Waals surface area contributed by atoms with Crippen molar-refractivity contribution in [3.8, 4) is 0 Å². The Kier molecular flexibility index (Phi) is 6.04. The SMILES string of the molecule is Cc1cc(Br)ccc1NC(=O)CNC(=O)c1ccc(Cl)cc1Cl. The molecule has 4 nitrogen and oxygen atoms in total. The summed E-state index contributed by atoms with van der Waals surface area (Å²) >= 11 is 15.1. The third kappa shape index (κ3) is 4.96. The largest absolute Gasteiger partial charge is 0.343 e. The summed E-state index contributed by atoms with van der Waals surface area (Å²) in [5.74, 6) is -0.761. The van der Waals surface area contributed by atoms with Crippen LogP contribution in [0.15, 0.2) is 40.9 Å². The van der Waals surface area contributed by atoms with Crippen LogP contribution in [0.4, 0.5) is 5.69 Å². The summed E-state index contributed by atoms with van der Waals surface area (Å²) in [6.45, 7) is 1.72. The molecule has 0 aromatic heterocycles. The number of benzene rings is 2. The molecule has 0 spiro atoms. The van der Waals surface area contributed by atoms with Gasteiger partial charge in [0, 0.05) is 15.2 Å². The molecule has 0 radical (unpaired) electrons. The predicted molar refractivity (Wildman–Crippen MR) is 96.3 cm³/mol. The molecule has 0 unspecified atom stereocenters. The molecule has 0 aliphatic rings. The van der Waals surface area contributed by atoms with E-state index >= 15 is 0 Å². The predicted octanol–water partition coefficient (Wildman–Crippen LogP) is 4.43. The zero-order valence-electron chi connectivity index (χ0n) is 12.1. The van der Waals surface area contributed by atoms with E-state index in [0.717, 1.165) is 10.0 Å². The van der Waals surface area contributed by atoms with E-state index in [4.69, 9.17) is 23.2 Å². The van der Waals surface area contributed by atoms with Crippen molar-refractivity contribution in [2.45, 2.75) is 6.92 Å². The van der Waals surface area contributed by atoms with Crippen molar-refractivity contribution >= 4 is 56.6 Å². The lowest BCUT2D eigenvalue weighted by Crippen LogP contribution is -2.33. The van der Waals surface area contributed by atoms with Crippen LogP contribution >= 0.6 is 39.1 Å². The van der Waals surface area contributed by atoms with E-state index in [9.17, 15) is 9.59 Å². The fraction of sp³-hybridized carbons (Fsp3) is 0.125. The van der Waals surface area contributed by atoms with Gasteiger partial charge in [0.25, 0.3) is 5.91 Å². The normalized spacial score (nSPS) is 10.3. The lowest BCUT2D eigenvalue weighted by molar-refractivity contribution is -0.115. The molecule has 2 aromatic rings. The first-order chi connectivity index (χ1) is 10.9. The smallest absolute Gasteiger partial charge is 0.253 e. The zero-order chi connectivity index (χ0) is 17.0. The van der Waals surface area contributed by atoms with Gasteiger partial charge < -0.3 is 10.6 Å². The number of halogens is 3. The maximum Gasteiger partial charge on any atom is 0.253 e. The molecule has 2 N–H and O–H groups in total. The van der Waals surface area contributed by atoms with Crippen LogP contribution in [-0.4, -0.2) is 18.4 Å². The number of hydrogen-bond acceptors (Lipinski definition) is 2. The van der Waals surface area contributed by atoms with Crippen molar-refractivity contribution in [2.24, 2.45) is 0 Å². The Labute approximate surface area is 152 Å². The number of nitrogens with one attached hydrogen (secondary N) is 2. The summed E-state index contributed by atoms with van der Waals surface area (Å²) in [4.78, 5) is 24.0. The maximum atomic E-state index is 12.0. The van der Waals surface area contributed by atoms with E-state index in [1.165, 1.54) is 12.1 Å².